The Morgan fingerprint density at radius 1 is 0.364 bits per heavy atom. The van der Waals surface area contributed by atoms with E-state index in [0.29, 0.717) is 31.8 Å². The zero-order valence-corrected chi connectivity index (χ0v) is 38.9. The molecule has 0 radical (unpaired) electrons. The van der Waals surface area contributed by atoms with Gasteiger partial charge in [-0.15, -0.1) is 24.8 Å². The number of hydrogen-bond donors (Lipinski definition) is 0. The Labute approximate surface area is 354 Å². The molecule has 6 aromatic carbocycles. The van der Waals surface area contributed by atoms with Gasteiger partial charge in [-0.25, -0.2) is 0 Å². The van der Waals surface area contributed by atoms with Gasteiger partial charge in [0, 0.05) is 31.8 Å². The summed E-state index contributed by atoms with van der Waals surface area (Å²) in [6.45, 7) is 9.08. The summed E-state index contributed by atoms with van der Waals surface area (Å²) in [5.74, 6) is 0. The second-order valence-electron chi connectivity index (χ2n) is 13.1. The van der Waals surface area contributed by atoms with Crippen molar-refractivity contribution in [3.8, 4) is 0 Å². The van der Waals surface area contributed by atoms with Crippen LogP contribution in [0.5, 0.6) is 0 Å². The summed E-state index contributed by atoms with van der Waals surface area (Å²) in [6.07, 6.45) is 0. The maximum Gasteiger partial charge on any atom is 0.161 e. The quantitative estimate of drug-likeness (QED) is 0.136. The molecule has 0 atom stereocenters. The number of rotatable bonds is 9. The van der Waals surface area contributed by atoms with E-state index >= 15 is 13.7 Å². The first-order chi connectivity index (χ1) is 25.6. The molecule has 0 unspecified atom stereocenters. The van der Waals surface area contributed by atoms with Crippen LogP contribution in [0.3, 0.4) is 0 Å². The minimum absolute atomic E-state index is 0. The predicted molar refractivity (Wildman–Crippen MR) is 241 cm³/mol. The molecule has 7 rings (SSSR count). The molecule has 0 saturated heterocycles. The van der Waals surface area contributed by atoms with Crippen LogP contribution in [0.25, 0.3) is 0 Å². The van der Waals surface area contributed by atoms with E-state index in [1.54, 1.807) is 45.9 Å². The van der Waals surface area contributed by atoms with Crippen molar-refractivity contribution in [1.29, 1.82) is 0 Å². The molecule has 0 saturated carbocycles. The number of benzene rings is 6. The standard InChI is InChI=1S/C37H31O3P3.C8H12P.2ClH.Zr/c38-41(31-19-7-1-8-20-31,32-21-9-2-10-22-32)37(42(39,33-23-11-3-12-24-33)34-25-13-4-14-26-34)43(40,35-27-15-5-16-28-35)36-29-17-6-18-30-36;1-5-6(2)8(4)9-7(5)3;;;/h1-30,37H;1-4H3;2*1H;/q;-1;;;+1. The minimum atomic E-state index is -3.97. The van der Waals surface area contributed by atoms with E-state index in [2.05, 4.69) is 27.7 Å². The Balaban J connectivity index is 0.000000490. The monoisotopic (exact) mass is 917 g/mol. The molecule has 0 aliphatic rings. The molecule has 0 fully saturated rings. The Hall–Kier alpha value is -2.75. The van der Waals surface area contributed by atoms with Crippen molar-refractivity contribution < 1.29 is 37.8 Å². The van der Waals surface area contributed by atoms with Gasteiger partial charge in [-0.2, -0.15) is 0 Å². The maximum absolute atomic E-state index is 16.6. The van der Waals surface area contributed by atoms with Crippen LogP contribution in [0, 0.1) is 27.7 Å². The largest absolute Gasteiger partial charge is 0.312 e. The molecule has 0 bridgehead atoms. The first kappa shape index (κ1) is 45.0. The first-order valence-electron chi connectivity index (χ1n) is 17.5. The Bertz CT molecular complexity index is 1990. The van der Waals surface area contributed by atoms with Gasteiger partial charge in [0.25, 0.3) is 0 Å². The van der Waals surface area contributed by atoms with E-state index in [9.17, 15) is 0 Å². The van der Waals surface area contributed by atoms with Crippen molar-refractivity contribution in [2.75, 3.05) is 0 Å². The SMILES string of the molecule is Cc1c(C)c(C)[p]([Zr])c1C.Cl.Cl.O=P(c1ccccc1)(c1ccccc1)C(P(=O)(c1ccccc1)c1ccccc1)P(=O)(c1ccccc1)c1ccccc1. The second kappa shape index (κ2) is 19.6. The van der Waals surface area contributed by atoms with Crippen LogP contribution in [-0.4, -0.2) is 5.14 Å². The van der Waals surface area contributed by atoms with Crippen molar-refractivity contribution >= 4 is 82.9 Å². The fourth-order valence-electron chi connectivity index (χ4n) is 6.96. The van der Waals surface area contributed by atoms with Crippen LogP contribution in [0.15, 0.2) is 182 Å². The molecule has 281 valence electrons. The maximum atomic E-state index is 16.6. The topological polar surface area (TPSA) is 51.2 Å². The number of hydrogen-bond acceptors (Lipinski definition) is 3. The van der Waals surface area contributed by atoms with Gasteiger partial charge in [-0.05, 0) is 0 Å². The molecule has 3 nitrogen and oxygen atoms in total. The Kier molecular flexibility index (Phi) is 16.0. The van der Waals surface area contributed by atoms with E-state index in [4.69, 9.17) is 0 Å². The van der Waals surface area contributed by atoms with E-state index in [0.717, 1.165) is 0 Å². The number of halogens is 2. The predicted octanol–water partition coefficient (Wildman–Crippen LogP) is 11.4. The van der Waals surface area contributed by atoms with Crippen LogP contribution >= 0.6 is 51.1 Å². The van der Waals surface area contributed by atoms with Crippen molar-refractivity contribution in [3.05, 3.63) is 204 Å². The molecule has 1 aromatic heterocycles. The molecule has 10 heteroatoms. The smallest absolute Gasteiger partial charge is 0.161 e. The van der Waals surface area contributed by atoms with E-state index in [1.807, 2.05) is 182 Å². The van der Waals surface area contributed by atoms with Crippen molar-refractivity contribution in [2.24, 2.45) is 0 Å². The van der Waals surface area contributed by atoms with Gasteiger partial charge >= 0.3 is 78.4 Å². The van der Waals surface area contributed by atoms with Crippen LogP contribution < -0.4 is 31.8 Å². The summed E-state index contributed by atoms with van der Waals surface area (Å²) in [7, 11) is -11.9. The first-order valence-corrected chi connectivity index (χ1v) is 27.5. The summed E-state index contributed by atoms with van der Waals surface area (Å²) in [5.41, 5.74) is 3.11. The molecule has 1 heterocycles. The summed E-state index contributed by atoms with van der Waals surface area (Å²) < 4.78 is 49.7. The molecule has 0 aliphatic carbocycles. The molecular weight excluding hydrogens is 875 g/mol. The van der Waals surface area contributed by atoms with Crippen LogP contribution in [0.4, 0.5) is 0 Å². The van der Waals surface area contributed by atoms with Gasteiger partial charge in [0.1, 0.15) is 5.14 Å². The average molecular weight is 920 g/mol. The zero-order valence-electron chi connectivity index (χ0n) is 31.2. The molecule has 0 N–H and O–H groups in total. The zero-order chi connectivity index (χ0) is 37.6. The Morgan fingerprint density at radius 3 is 0.655 bits per heavy atom. The van der Waals surface area contributed by atoms with E-state index in [1.165, 1.54) is 0 Å². The molecule has 0 amide bonds. The van der Waals surface area contributed by atoms with Crippen LogP contribution in [-0.2, 0) is 37.8 Å². The molecular formula is C45H45Cl2O3P4Zr. The van der Waals surface area contributed by atoms with Gasteiger partial charge < -0.3 is 13.7 Å². The average Bonchev–Trinajstić information content (AvgIpc) is 3.39. The van der Waals surface area contributed by atoms with Gasteiger partial charge in [-0.1, -0.05) is 182 Å². The fourth-order valence-corrected chi connectivity index (χ4v) is 27.4. The normalized spacial score (nSPS) is 11.4. The second-order valence-corrected chi connectivity index (χ2v) is 28.2. The van der Waals surface area contributed by atoms with E-state index < -0.39 is 26.6 Å². The van der Waals surface area contributed by atoms with Crippen molar-refractivity contribution in [2.45, 2.75) is 32.8 Å². The van der Waals surface area contributed by atoms with Crippen LogP contribution in [0.1, 0.15) is 21.7 Å². The fraction of sp³-hybridized carbons (Fsp3) is 0.111. The third-order valence-corrected chi connectivity index (χ3v) is 31.3. The van der Waals surface area contributed by atoms with Gasteiger partial charge in [0.15, 0.2) is 21.4 Å². The Morgan fingerprint density at radius 2 is 0.527 bits per heavy atom. The molecule has 0 spiro atoms. The van der Waals surface area contributed by atoms with E-state index in [-0.39, 0.29) is 29.6 Å². The van der Waals surface area contributed by atoms with Crippen molar-refractivity contribution in [1.82, 2.24) is 0 Å². The summed E-state index contributed by atoms with van der Waals surface area (Å²) in [5, 5.41) is 5.11. The van der Waals surface area contributed by atoms with Crippen LogP contribution in [0.2, 0.25) is 0 Å². The third kappa shape index (κ3) is 8.74. The molecule has 55 heavy (non-hydrogen) atoms. The summed E-state index contributed by atoms with van der Waals surface area (Å²) in [6, 6.07) is 55.2. The summed E-state index contributed by atoms with van der Waals surface area (Å²) >= 11 is 1.70. The van der Waals surface area contributed by atoms with Gasteiger partial charge in [0.05, 0.1) is 0 Å². The summed E-state index contributed by atoms with van der Waals surface area (Å²) in [4.78, 5) is 0.183. The van der Waals surface area contributed by atoms with Crippen molar-refractivity contribution in [3.63, 3.8) is 0 Å². The minimum Gasteiger partial charge on any atom is -0.312 e. The van der Waals surface area contributed by atoms with Gasteiger partial charge in [-0.3, -0.25) is 0 Å². The third-order valence-electron chi connectivity index (χ3n) is 10.1. The molecule has 0 aliphatic heterocycles. The van der Waals surface area contributed by atoms with Gasteiger partial charge in [0.2, 0.25) is 0 Å². The molecule has 7 aromatic rings.